The summed E-state index contributed by atoms with van der Waals surface area (Å²) in [7, 11) is 1.63. The van der Waals surface area contributed by atoms with Gasteiger partial charge in [0, 0.05) is 25.2 Å². The van der Waals surface area contributed by atoms with E-state index in [1.807, 2.05) is 36.1 Å². The fraction of sp³-hybridized carbons (Fsp3) is 0.562. The molecule has 2 rings (SSSR count). The second-order valence-corrected chi connectivity index (χ2v) is 5.77. The Morgan fingerprint density at radius 3 is 2.55 bits per heavy atom. The van der Waals surface area contributed by atoms with Crippen LogP contribution in [0.1, 0.15) is 25.3 Å². The summed E-state index contributed by atoms with van der Waals surface area (Å²) >= 11 is 6.21. The average molecular weight is 347 g/mol. The first kappa shape index (κ1) is 19.2. The van der Waals surface area contributed by atoms with E-state index in [4.69, 9.17) is 16.3 Å². The van der Waals surface area contributed by atoms with Gasteiger partial charge in [-0.1, -0.05) is 29.8 Å². The van der Waals surface area contributed by atoms with Gasteiger partial charge in [-0.15, -0.1) is 12.4 Å². The van der Waals surface area contributed by atoms with Crippen LogP contribution < -0.4 is 5.32 Å². The lowest BCUT2D eigenvalue weighted by Crippen LogP contribution is -2.55. The molecule has 1 heterocycles. The van der Waals surface area contributed by atoms with Gasteiger partial charge in [0.2, 0.25) is 0 Å². The van der Waals surface area contributed by atoms with E-state index in [0.717, 1.165) is 18.7 Å². The average Bonchev–Trinajstić information content (AvgIpc) is 2.54. The van der Waals surface area contributed by atoms with Gasteiger partial charge >= 0.3 is 0 Å². The van der Waals surface area contributed by atoms with E-state index in [1.54, 1.807) is 7.11 Å². The van der Waals surface area contributed by atoms with Crippen molar-refractivity contribution in [1.82, 2.24) is 10.2 Å². The summed E-state index contributed by atoms with van der Waals surface area (Å²) in [5.74, 6) is 0.0638. The molecule has 0 aliphatic carbocycles. The number of carbonyl (C=O) groups excluding carboxylic acids is 1. The fourth-order valence-corrected chi connectivity index (χ4v) is 2.98. The molecule has 6 heteroatoms. The van der Waals surface area contributed by atoms with Crippen molar-refractivity contribution >= 4 is 29.9 Å². The third-order valence-electron chi connectivity index (χ3n) is 4.18. The number of halogens is 2. The first-order chi connectivity index (χ1) is 10.1. The number of piperidine rings is 1. The molecule has 1 N–H and O–H groups in total. The van der Waals surface area contributed by atoms with Crippen LogP contribution in [0.25, 0.3) is 0 Å². The largest absolute Gasteiger partial charge is 0.368 e. The van der Waals surface area contributed by atoms with Crippen molar-refractivity contribution in [3.8, 4) is 0 Å². The minimum atomic E-state index is -0.692. The third-order valence-corrected chi connectivity index (χ3v) is 4.55. The highest BCUT2D eigenvalue weighted by Crippen LogP contribution is 2.27. The molecule has 1 aliphatic heterocycles. The van der Waals surface area contributed by atoms with Gasteiger partial charge in [0.1, 0.15) is 5.60 Å². The molecule has 0 saturated carbocycles. The molecule has 1 fully saturated rings. The number of nitrogens with zero attached hydrogens (tertiary/aromatic N) is 1. The number of benzene rings is 1. The number of hydrogen-bond acceptors (Lipinski definition) is 3. The Kier molecular flexibility index (Phi) is 7.63. The van der Waals surface area contributed by atoms with Crippen molar-refractivity contribution in [3.63, 3.8) is 0 Å². The molecule has 1 aromatic carbocycles. The molecule has 0 radical (unpaired) electrons. The van der Waals surface area contributed by atoms with Gasteiger partial charge < -0.3 is 15.0 Å². The predicted octanol–water partition coefficient (Wildman–Crippen LogP) is 2.88. The van der Waals surface area contributed by atoms with Crippen LogP contribution >= 0.6 is 24.0 Å². The number of nitrogens with one attached hydrogen (secondary N) is 1. The summed E-state index contributed by atoms with van der Waals surface area (Å²) in [6.45, 7) is 4.77. The molecule has 0 atom stereocenters. The Morgan fingerprint density at radius 1 is 1.36 bits per heavy atom. The zero-order chi connectivity index (χ0) is 15.3. The van der Waals surface area contributed by atoms with Crippen molar-refractivity contribution < 1.29 is 9.53 Å². The van der Waals surface area contributed by atoms with E-state index in [1.165, 1.54) is 0 Å². The molecule has 1 amide bonds. The molecular formula is C16H24Cl2N2O2. The Balaban J connectivity index is 0.00000242. The van der Waals surface area contributed by atoms with Gasteiger partial charge in [0.25, 0.3) is 5.91 Å². The molecular weight excluding hydrogens is 323 g/mol. The van der Waals surface area contributed by atoms with Crippen LogP contribution in [0.2, 0.25) is 5.02 Å². The van der Waals surface area contributed by atoms with Crippen LogP contribution in [-0.4, -0.2) is 43.2 Å². The van der Waals surface area contributed by atoms with Crippen LogP contribution in [0.5, 0.6) is 0 Å². The van der Waals surface area contributed by atoms with Crippen LogP contribution in [-0.2, 0) is 16.1 Å². The number of rotatable bonds is 5. The Bertz CT molecular complexity index is 491. The standard InChI is InChI=1S/C16H23ClN2O2.ClH/c1-3-19(12-13-6-4-5-7-14(13)17)15(20)16(21-2)8-10-18-11-9-16;/h4-7,18H,3,8-12H2,1-2H3;1H. The Morgan fingerprint density at radius 2 is 2.00 bits per heavy atom. The normalized spacial score (nSPS) is 16.7. The fourth-order valence-electron chi connectivity index (χ4n) is 2.78. The van der Waals surface area contributed by atoms with E-state index in [9.17, 15) is 4.79 Å². The molecule has 4 nitrogen and oxygen atoms in total. The maximum atomic E-state index is 12.9. The molecule has 1 saturated heterocycles. The molecule has 1 aliphatic rings. The lowest BCUT2D eigenvalue weighted by molar-refractivity contribution is -0.158. The van der Waals surface area contributed by atoms with E-state index >= 15 is 0 Å². The molecule has 124 valence electrons. The van der Waals surface area contributed by atoms with Gasteiger partial charge in [-0.05, 0) is 44.5 Å². The lowest BCUT2D eigenvalue weighted by atomic mass is 9.90. The van der Waals surface area contributed by atoms with Gasteiger partial charge in [0.15, 0.2) is 0 Å². The number of ether oxygens (including phenoxy) is 1. The van der Waals surface area contributed by atoms with Crippen LogP contribution in [0, 0.1) is 0 Å². The molecule has 0 aromatic heterocycles. The summed E-state index contributed by atoms with van der Waals surface area (Å²) in [5.41, 5.74) is 0.275. The van der Waals surface area contributed by atoms with Gasteiger partial charge in [-0.3, -0.25) is 4.79 Å². The second kappa shape index (κ2) is 8.73. The Labute approximate surface area is 143 Å². The van der Waals surface area contributed by atoms with Gasteiger partial charge in [-0.25, -0.2) is 0 Å². The number of methoxy groups -OCH3 is 1. The quantitative estimate of drug-likeness (QED) is 0.891. The van der Waals surface area contributed by atoms with Crippen LogP contribution in [0.3, 0.4) is 0 Å². The number of amides is 1. The zero-order valence-electron chi connectivity index (χ0n) is 13.1. The van der Waals surface area contributed by atoms with E-state index in [-0.39, 0.29) is 18.3 Å². The van der Waals surface area contributed by atoms with E-state index in [2.05, 4.69) is 5.32 Å². The van der Waals surface area contributed by atoms with Gasteiger partial charge in [0.05, 0.1) is 0 Å². The second-order valence-electron chi connectivity index (χ2n) is 5.36. The highest BCUT2D eigenvalue weighted by Gasteiger charge is 2.42. The summed E-state index contributed by atoms with van der Waals surface area (Å²) in [6, 6.07) is 7.65. The highest BCUT2D eigenvalue weighted by molar-refractivity contribution is 6.31. The van der Waals surface area contributed by atoms with Crippen LogP contribution in [0.4, 0.5) is 0 Å². The number of hydrogen-bond donors (Lipinski definition) is 1. The first-order valence-electron chi connectivity index (χ1n) is 7.41. The van der Waals surface area contributed by atoms with Crippen molar-refractivity contribution in [2.24, 2.45) is 0 Å². The molecule has 0 unspecified atom stereocenters. The predicted molar refractivity (Wildman–Crippen MR) is 91.6 cm³/mol. The Hall–Kier alpha value is -0.810. The van der Waals surface area contributed by atoms with Crippen molar-refractivity contribution in [2.75, 3.05) is 26.7 Å². The smallest absolute Gasteiger partial charge is 0.255 e. The number of carbonyl (C=O) groups is 1. The van der Waals surface area contributed by atoms with Gasteiger partial charge in [-0.2, -0.15) is 0 Å². The highest BCUT2D eigenvalue weighted by atomic mass is 35.5. The van der Waals surface area contributed by atoms with E-state index < -0.39 is 5.60 Å². The molecule has 0 bridgehead atoms. The van der Waals surface area contributed by atoms with E-state index in [0.29, 0.717) is 31.0 Å². The maximum absolute atomic E-state index is 12.9. The number of likely N-dealkylation sites (N-methyl/N-ethyl adjacent to an activating group) is 1. The van der Waals surface area contributed by atoms with Crippen molar-refractivity contribution in [1.29, 1.82) is 0 Å². The minimum Gasteiger partial charge on any atom is -0.368 e. The lowest BCUT2D eigenvalue weighted by Gasteiger charge is -2.38. The summed E-state index contributed by atoms with van der Waals surface area (Å²) in [5, 5.41) is 3.97. The van der Waals surface area contributed by atoms with Crippen molar-refractivity contribution in [2.45, 2.75) is 31.9 Å². The molecule has 22 heavy (non-hydrogen) atoms. The molecule has 1 aromatic rings. The first-order valence-corrected chi connectivity index (χ1v) is 7.79. The summed E-state index contributed by atoms with van der Waals surface area (Å²) in [4.78, 5) is 14.8. The third kappa shape index (κ3) is 4.13. The minimum absolute atomic E-state index is 0. The summed E-state index contributed by atoms with van der Waals surface area (Å²) in [6.07, 6.45) is 1.42. The zero-order valence-corrected chi connectivity index (χ0v) is 14.7. The van der Waals surface area contributed by atoms with Crippen LogP contribution in [0.15, 0.2) is 24.3 Å². The summed E-state index contributed by atoms with van der Waals surface area (Å²) < 4.78 is 5.63. The SMILES string of the molecule is CCN(Cc1ccccc1Cl)C(=O)C1(OC)CCNCC1.Cl. The monoisotopic (exact) mass is 346 g/mol. The molecule has 0 spiro atoms. The topological polar surface area (TPSA) is 41.6 Å². The maximum Gasteiger partial charge on any atom is 0.255 e. The van der Waals surface area contributed by atoms with Crippen molar-refractivity contribution in [3.05, 3.63) is 34.9 Å².